The number of carbonyl (C=O) groups is 1. The monoisotopic (exact) mass is 340 g/mol. The summed E-state index contributed by atoms with van der Waals surface area (Å²) in [6.07, 6.45) is 8.16. The molecule has 0 saturated carbocycles. The van der Waals surface area contributed by atoms with Crippen molar-refractivity contribution in [2.45, 2.75) is 40.5 Å². The van der Waals surface area contributed by atoms with Crippen LogP contribution in [-0.2, 0) is 4.74 Å². The molecule has 0 radical (unpaired) electrons. The molecule has 2 N–H and O–H groups in total. The van der Waals surface area contributed by atoms with Crippen LogP contribution < -0.4 is 5.73 Å². The minimum Gasteiger partial charge on any atom is -0.462 e. The van der Waals surface area contributed by atoms with Crippen LogP contribution in [0.25, 0.3) is 5.57 Å². The van der Waals surface area contributed by atoms with Gasteiger partial charge in [0.05, 0.1) is 18.2 Å². The van der Waals surface area contributed by atoms with Crippen LogP contribution in [0.5, 0.6) is 0 Å². The molecule has 0 atom stereocenters. The lowest BCUT2D eigenvalue weighted by atomic mass is 9.99. The summed E-state index contributed by atoms with van der Waals surface area (Å²) in [4.78, 5) is 11.8. The highest BCUT2D eigenvalue weighted by atomic mass is 16.5. The molecular weight excluding hydrogens is 312 g/mol. The van der Waals surface area contributed by atoms with Crippen molar-refractivity contribution in [1.29, 1.82) is 5.26 Å². The number of nitriles is 1. The molecule has 0 spiro atoms. The normalized spacial score (nSPS) is 10.6. The summed E-state index contributed by atoms with van der Waals surface area (Å²) in [6, 6.07) is 7.09. The van der Waals surface area contributed by atoms with Gasteiger partial charge in [-0.15, -0.1) is 0 Å². The molecule has 1 aromatic rings. The number of hydrogen-bond donors (Lipinski definition) is 1. The second kappa shape index (κ2) is 12.6. The van der Waals surface area contributed by atoms with Crippen molar-refractivity contribution in [3.8, 4) is 6.07 Å². The molecule has 0 heterocycles. The summed E-state index contributed by atoms with van der Waals surface area (Å²) >= 11 is 0. The van der Waals surface area contributed by atoms with Crippen LogP contribution >= 0.6 is 0 Å². The first-order chi connectivity index (χ1) is 11.9. The van der Waals surface area contributed by atoms with Crippen LogP contribution in [0.2, 0.25) is 0 Å². The van der Waals surface area contributed by atoms with E-state index in [1.165, 1.54) is 0 Å². The Morgan fingerprint density at radius 2 is 2.04 bits per heavy atom. The average molecular weight is 340 g/mol. The van der Waals surface area contributed by atoms with Gasteiger partial charge >= 0.3 is 5.97 Å². The number of anilines is 1. The second-order valence-corrected chi connectivity index (χ2v) is 5.36. The van der Waals surface area contributed by atoms with Crippen LogP contribution in [0.15, 0.2) is 48.6 Å². The first kappa shape index (κ1) is 22.2. The zero-order valence-corrected chi connectivity index (χ0v) is 15.6. The Hall–Kier alpha value is -2.80. The van der Waals surface area contributed by atoms with Gasteiger partial charge in [-0.25, -0.2) is 4.79 Å². The van der Waals surface area contributed by atoms with E-state index in [-0.39, 0.29) is 5.97 Å². The average Bonchev–Trinajstić information content (AvgIpc) is 2.60. The van der Waals surface area contributed by atoms with E-state index in [4.69, 9.17) is 15.7 Å². The zero-order valence-electron chi connectivity index (χ0n) is 15.6. The molecule has 0 aromatic heterocycles. The minimum absolute atomic E-state index is 0.316. The predicted octanol–water partition coefficient (Wildman–Crippen LogP) is 5.29. The van der Waals surface area contributed by atoms with Crippen molar-refractivity contribution in [1.82, 2.24) is 0 Å². The molecule has 4 heteroatoms. The van der Waals surface area contributed by atoms with E-state index in [2.05, 4.69) is 19.6 Å². The van der Waals surface area contributed by atoms with Crippen molar-refractivity contribution in [3.05, 3.63) is 59.7 Å². The van der Waals surface area contributed by atoms with Crippen LogP contribution in [0.4, 0.5) is 5.69 Å². The van der Waals surface area contributed by atoms with Gasteiger partial charge in [-0.3, -0.25) is 0 Å². The molecule has 134 valence electrons. The third kappa shape index (κ3) is 8.57. The number of nitrogen functional groups attached to an aromatic ring is 1. The Morgan fingerprint density at radius 3 is 2.52 bits per heavy atom. The van der Waals surface area contributed by atoms with Gasteiger partial charge in [0.15, 0.2) is 0 Å². The molecule has 0 amide bonds. The predicted molar refractivity (Wildman–Crippen MR) is 105 cm³/mol. The van der Waals surface area contributed by atoms with Crippen molar-refractivity contribution >= 4 is 17.2 Å². The smallest absolute Gasteiger partial charge is 0.338 e. The van der Waals surface area contributed by atoms with E-state index >= 15 is 0 Å². The number of carbonyl (C=O) groups excluding carboxylic acids is 1. The van der Waals surface area contributed by atoms with E-state index in [1.54, 1.807) is 32.0 Å². The van der Waals surface area contributed by atoms with E-state index in [0.717, 1.165) is 24.0 Å². The number of nitrogens with two attached hydrogens (primary N) is 1. The molecule has 25 heavy (non-hydrogen) atoms. The quantitative estimate of drug-likeness (QED) is 0.330. The third-order valence-corrected chi connectivity index (χ3v) is 3.07. The molecule has 0 aliphatic carbocycles. The lowest BCUT2D eigenvalue weighted by molar-refractivity contribution is 0.0526. The van der Waals surface area contributed by atoms with Crippen LogP contribution in [0.3, 0.4) is 0 Å². The van der Waals surface area contributed by atoms with E-state index in [9.17, 15) is 4.79 Å². The Morgan fingerprint density at radius 1 is 1.40 bits per heavy atom. The molecule has 0 aliphatic rings. The standard InChI is InChI=1S/C17H23NO2.C4H5N/c1-4-7-9-13(8-5-2)15-12-14(10-11-16(15)18)17(19)20-6-3;1-4(2)3-5/h5,8-12H,4,6-7,18H2,1-3H3;1H2,2H3/b8-5-,13-9+;. The van der Waals surface area contributed by atoms with Gasteiger partial charge in [0, 0.05) is 16.8 Å². The third-order valence-electron chi connectivity index (χ3n) is 3.07. The van der Waals surface area contributed by atoms with Crippen molar-refractivity contribution < 1.29 is 9.53 Å². The largest absolute Gasteiger partial charge is 0.462 e. The number of allylic oxidation sites excluding steroid dienone is 5. The SMILES string of the molecule is C/C=C\C(=C/CCC)c1cc(C(=O)OCC)ccc1N.C=C(C)C#N. The Balaban J connectivity index is 0.00000101. The Kier molecular flexibility index (Phi) is 11.2. The lowest BCUT2D eigenvalue weighted by Gasteiger charge is -2.10. The molecule has 1 rings (SSSR count). The summed E-state index contributed by atoms with van der Waals surface area (Å²) in [5.41, 5.74) is 9.71. The van der Waals surface area contributed by atoms with E-state index in [0.29, 0.717) is 23.4 Å². The fourth-order valence-corrected chi connectivity index (χ4v) is 1.89. The fourth-order valence-electron chi connectivity index (χ4n) is 1.89. The fraction of sp³-hybridized carbons (Fsp3) is 0.333. The maximum absolute atomic E-state index is 11.8. The highest BCUT2D eigenvalue weighted by Crippen LogP contribution is 2.25. The summed E-state index contributed by atoms with van der Waals surface area (Å²) in [6.45, 7) is 11.2. The van der Waals surface area contributed by atoms with Gasteiger partial charge in [-0.1, -0.05) is 38.2 Å². The lowest BCUT2D eigenvalue weighted by Crippen LogP contribution is -2.06. The molecule has 0 saturated heterocycles. The summed E-state index contributed by atoms with van der Waals surface area (Å²) in [5, 5.41) is 7.79. The number of benzene rings is 1. The van der Waals surface area contributed by atoms with Gasteiger partial charge in [0.25, 0.3) is 0 Å². The molecule has 0 bridgehead atoms. The van der Waals surface area contributed by atoms with E-state index < -0.39 is 0 Å². The molecule has 0 unspecified atom stereocenters. The van der Waals surface area contributed by atoms with Crippen LogP contribution in [-0.4, -0.2) is 12.6 Å². The van der Waals surface area contributed by atoms with Gasteiger partial charge < -0.3 is 10.5 Å². The summed E-state index contributed by atoms with van der Waals surface area (Å²) in [7, 11) is 0. The van der Waals surface area contributed by atoms with Gasteiger partial charge in [0.2, 0.25) is 0 Å². The zero-order chi connectivity index (χ0) is 19.2. The van der Waals surface area contributed by atoms with Crippen molar-refractivity contribution in [2.75, 3.05) is 12.3 Å². The Bertz CT molecular complexity index is 680. The number of nitrogens with zero attached hydrogens (tertiary/aromatic N) is 1. The number of esters is 1. The van der Waals surface area contributed by atoms with Crippen LogP contribution in [0.1, 0.15) is 56.5 Å². The molecule has 4 nitrogen and oxygen atoms in total. The molecule has 0 aliphatic heterocycles. The number of unbranched alkanes of at least 4 members (excludes halogenated alkanes) is 1. The van der Waals surface area contributed by atoms with Crippen molar-refractivity contribution in [3.63, 3.8) is 0 Å². The topological polar surface area (TPSA) is 76.1 Å². The van der Waals surface area contributed by atoms with E-state index in [1.807, 2.05) is 25.1 Å². The molecule has 0 fully saturated rings. The number of rotatable bonds is 6. The van der Waals surface area contributed by atoms with Gasteiger partial charge in [0.1, 0.15) is 0 Å². The number of ether oxygens (including phenoxy) is 1. The summed E-state index contributed by atoms with van der Waals surface area (Å²) < 4.78 is 5.03. The van der Waals surface area contributed by atoms with Gasteiger partial charge in [-0.05, 0) is 51.0 Å². The molecule has 1 aromatic carbocycles. The van der Waals surface area contributed by atoms with Crippen molar-refractivity contribution in [2.24, 2.45) is 0 Å². The Labute approximate surface area is 151 Å². The second-order valence-electron chi connectivity index (χ2n) is 5.36. The summed E-state index contributed by atoms with van der Waals surface area (Å²) in [5.74, 6) is -0.316. The minimum atomic E-state index is -0.316. The maximum Gasteiger partial charge on any atom is 0.338 e. The maximum atomic E-state index is 11.8. The highest BCUT2D eigenvalue weighted by Gasteiger charge is 2.10. The first-order valence-electron chi connectivity index (χ1n) is 8.36. The van der Waals surface area contributed by atoms with Gasteiger partial charge in [-0.2, -0.15) is 5.26 Å². The number of hydrogen-bond acceptors (Lipinski definition) is 4. The van der Waals surface area contributed by atoms with Crippen LogP contribution in [0, 0.1) is 11.3 Å². The first-order valence-corrected chi connectivity index (χ1v) is 8.36. The highest BCUT2D eigenvalue weighted by molar-refractivity contribution is 5.93. The molecular formula is C21H28N2O2.